The molecule has 0 spiro atoms. The van der Waals surface area contributed by atoms with E-state index in [1.807, 2.05) is 0 Å². The molecule has 0 amide bonds. The standard InChI is InChI=1S/C14H23N3O/c1-11(2)15-8-12-9-17-14(10-16-12)18-13-6-4-3-5-7-13/h9-11,13,15H,3-8H2,1-2H3. The first-order valence-corrected chi connectivity index (χ1v) is 6.95. The van der Waals surface area contributed by atoms with E-state index in [9.17, 15) is 0 Å². The quantitative estimate of drug-likeness (QED) is 0.871. The van der Waals surface area contributed by atoms with Crippen molar-refractivity contribution in [3.8, 4) is 5.88 Å². The Bertz CT molecular complexity index is 345. The first-order valence-electron chi connectivity index (χ1n) is 6.95. The fourth-order valence-electron chi connectivity index (χ4n) is 2.16. The SMILES string of the molecule is CC(C)NCc1cnc(OC2CCCCC2)cn1. The van der Waals surface area contributed by atoms with Crippen molar-refractivity contribution < 1.29 is 4.74 Å². The van der Waals surface area contributed by atoms with Gasteiger partial charge in [0.25, 0.3) is 0 Å². The maximum atomic E-state index is 5.84. The van der Waals surface area contributed by atoms with Gasteiger partial charge in [-0.2, -0.15) is 0 Å². The van der Waals surface area contributed by atoms with Crippen molar-refractivity contribution in [1.29, 1.82) is 0 Å². The largest absolute Gasteiger partial charge is 0.473 e. The van der Waals surface area contributed by atoms with Crippen molar-refractivity contribution in [3.63, 3.8) is 0 Å². The van der Waals surface area contributed by atoms with Gasteiger partial charge in [-0.25, -0.2) is 4.98 Å². The number of rotatable bonds is 5. The Labute approximate surface area is 109 Å². The zero-order valence-electron chi connectivity index (χ0n) is 11.4. The molecule has 0 radical (unpaired) electrons. The third kappa shape index (κ3) is 4.26. The molecule has 0 aromatic carbocycles. The van der Waals surface area contributed by atoms with Gasteiger partial charge in [0.05, 0.1) is 18.1 Å². The van der Waals surface area contributed by atoms with Crippen LogP contribution in [0, 0.1) is 0 Å². The topological polar surface area (TPSA) is 47.0 Å². The van der Waals surface area contributed by atoms with Gasteiger partial charge in [-0.3, -0.25) is 4.98 Å². The Hall–Kier alpha value is -1.16. The molecule has 1 aromatic heterocycles. The van der Waals surface area contributed by atoms with Crippen molar-refractivity contribution in [2.24, 2.45) is 0 Å². The van der Waals surface area contributed by atoms with Gasteiger partial charge in [0.2, 0.25) is 5.88 Å². The minimum absolute atomic E-state index is 0.340. The molecule has 100 valence electrons. The van der Waals surface area contributed by atoms with Crippen LogP contribution in [0.2, 0.25) is 0 Å². The minimum Gasteiger partial charge on any atom is -0.473 e. The molecule has 0 unspecified atom stereocenters. The van der Waals surface area contributed by atoms with E-state index >= 15 is 0 Å². The summed E-state index contributed by atoms with van der Waals surface area (Å²) in [5.74, 6) is 0.662. The maximum absolute atomic E-state index is 5.84. The molecule has 4 nitrogen and oxygen atoms in total. The van der Waals surface area contributed by atoms with E-state index in [1.165, 1.54) is 19.3 Å². The van der Waals surface area contributed by atoms with Crippen LogP contribution in [0.3, 0.4) is 0 Å². The van der Waals surface area contributed by atoms with Crippen molar-refractivity contribution in [2.75, 3.05) is 0 Å². The van der Waals surface area contributed by atoms with E-state index in [0.29, 0.717) is 18.0 Å². The highest BCUT2D eigenvalue weighted by molar-refractivity contribution is 5.07. The maximum Gasteiger partial charge on any atom is 0.232 e. The molecule has 1 aliphatic rings. The van der Waals surface area contributed by atoms with Crippen molar-refractivity contribution in [3.05, 3.63) is 18.1 Å². The smallest absolute Gasteiger partial charge is 0.232 e. The highest BCUT2D eigenvalue weighted by Gasteiger charge is 2.15. The zero-order chi connectivity index (χ0) is 12.8. The van der Waals surface area contributed by atoms with Crippen LogP contribution >= 0.6 is 0 Å². The number of nitrogens with one attached hydrogen (secondary N) is 1. The monoisotopic (exact) mass is 249 g/mol. The summed E-state index contributed by atoms with van der Waals surface area (Å²) in [5.41, 5.74) is 0.958. The first kappa shape index (κ1) is 13.3. The molecular formula is C14H23N3O. The molecule has 2 rings (SSSR count). The Kier molecular flexibility index (Phi) is 4.93. The van der Waals surface area contributed by atoms with Gasteiger partial charge in [-0.05, 0) is 25.7 Å². The highest BCUT2D eigenvalue weighted by atomic mass is 16.5. The van der Waals surface area contributed by atoms with Crippen LogP contribution in [0.4, 0.5) is 0 Å². The van der Waals surface area contributed by atoms with E-state index in [4.69, 9.17) is 4.74 Å². The Morgan fingerprint density at radius 3 is 2.61 bits per heavy atom. The van der Waals surface area contributed by atoms with E-state index in [1.54, 1.807) is 12.4 Å². The Morgan fingerprint density at radius 2 is 2.00 bits per heavy atom. The summed E-state index contributed by atoms with van der Waals surface area (Å²) in [4.78, 5) is 8.69. The van der Waals surface area contributed by atoms with Crippen LogP contribution < -0.4 is 10.1 Å². The predicted octanol–water partition coefficient (Wildman–Crippen LogP) is 2.69. The van der Waals surface area contributed by atoms with Gasteiger partial charge >= 0.3 is 0 Å². The van der Waals surface area contributed by atoms with Gasteiger partial charge < -0.3 is 10.1 Å². The molecular weight excluding hydrogens is 226 g/mol. The highest BCUT2D eigenvalue weighted by Crippen LogP contribution is 2.21. The average molecular weight is 249 g/mol. The number of nitrogens with zero attached hydrogens (tertiary/aromatic N) is 2. The summed E-state index contributed by atoms with van der Waals surface area (Å²) >= 11 is 0. The predicted molar refractivity (Wildman–Crippen MR) is 71.5 cm³/mol. The van der Waals surface area contributed by atoms with Crippen molar-refractivity contribution in [2.45, 2.75) is 64.6 Å². The Morgan fingerprint density at radius 1 is 1.22 bits per heavy atom. The third-order valence-electron chi connectivity index (χ3n) is 3.21. The number of ether oxygens (including phenoxy) is 1. The summed E-state index contributed by atoms with van der Waals surface area (Å²) in [6, 6.07) is 0.463. The average Bonchev–Trinajstić information content (AvgIpc) is 2.39. The summed E-state index contributed by atoms with van der Waals surface area (Å²) < 4.78 is 5.84. The molecule has 1 saturated carbocycles. The van der Waals surface area contributed by atoms with Crippen LogP contribution in [-0.4, -0.2) is 22.1 Å². The molecule has 1 fully saturated rings. The zero-order valence-corrected chi connectivity index (χ0v) is 11.4. The molecule has 0 atom stereocenters. The number of aromatic nitrogens is 2. The second-order valence-corrected chi connectivity index (χ2v) is 5.26. The molecule has 1 heterocycles. The van der Waals surface area contributed by atoms with Crippen LogP contribution in [-0.2, 0) is 6.54 Å². The normalized spacial score (nSPS) is 17.1. The summed E-state index contributed by atoms with van der Waals surface area (Å²) in [5, 5.41) is 3.32. The third-order valence-corrected chi connectivity index (χ3v) is 3.21. The fourth-order valence-corrected chi connectivity index (χ4v) is 2.16. The van der Waals surface area contributed by atoms with Gasteiger partial charge in [-0.15, -0.1) is 0 Å². The van der Waals surface area contributed by atoms with E-state index < -0.39 is 0 Å². The fraction of sp³-hybridized carbons (Fsp3) is 0.714. The van der Waals surface area contributed by atoms with Crippen LogP contribution in [0.25, 0.3) is 0 Å². The summed E-state index contributed by atoms with van der Waals surface area (Å²) in [7, 11) is 0. The molecule has 1 aromatic rings. The van der Waals surface area contributed by atoms with Crippen LogP contribution in [0.1, 0.15) is 51.6 Å². The molecule has 0 aliphatic heterocycles. The van der Waals surface area contributed by atoms with Crippen LogP contribution in [0.5, 0.6) is 5.88 Å². The second kappa shape index (κ2) is 6.69. The van der Waals surface area contributed by atoms with Gasteiger partial charge in [-0.1, -0.05) is 20.3 Å². The molecule has 1 N–H and O–H groups in total. The Balaban J connectivity index is 1.83. The molecule has 0 saturated heterocycles. The molecule has 4 heteroatoms. The lowest BCUT2D eigenvalue weighted by molar-refractivity contribution is 0.148. The van der Waals surface area contributed by atoms with Crippen LogP contribution in [0.15, 0.2) is 12.4 Å². The minimum atomic E-state index is 0.340. The lowest BCUT2D eigenvalue weighted by Crippen LogP contribution is -2.23. The van der Waals surface area contributed by atoms with Gasteiger partial charge in [0.15, 0.2) is 0 Å². The lowest BCUT2D eigenvalue weighted by atomic mass is 9.98. The molecule has 18 heavy (non-hydrogen) atoms. The number of hydrogen-bond acceptors (Lipinski definition) is 4. The molecule has 1 aliphatic carbocycles. The van der Waals surface area contributed by atoms with E-state index in [0.717, 1.165) is 25.1 Å². The number of hydrogen-bond donors (Lipinski definition) is 1. The first-order chi connectivity index (χ1) is 8.74. The second-order valence-electron chi connectivity index (χ2n) is 5.26. The summed E-state index contributed by atoms with van der Waals surface area (Å²) in [6.45, 7) is 5.00. The van der Waals surface area contributed by atoms with E-state index in [-0.39, 0.29) is 0 Å². The lowest BCUT2D eigenvalue weighted by Gasteiger charge is -2.22. The van der Waals surface area contributed by atoms with Crippen molar-refractivity contribution >= 4 is 0 Å². The van der Waals surface area contributed by atoms with Gasteiger partial charge in [0, 0.05) is 12.6 Å². The summed E-state index contributed by atoms with van der Waals surface area (Å²) in [6.07, 6.45) is 10.1. The molecule has 0 bridgehead atoms. The van der Waals surface area contributed by atoms with Crippen molar-refractivity contribution in [1.82, 2.24) is 15.3 Å². The van der Waals surface area contributed by atoms with E-state index in [2.05, 4.69) is 29.1 Å². The van der Waals surface area contributed by atoms with Gasteiger partial charge in [0.1, 0.15) is 6.10 Å².